The van der Waals surface area contributed by atoms with Crippen LogP contribution in [0.1, 0.15) is 15.9 Å². The lowest BCUT2D eigenvalue weighted by molar-refractivity contribution is -0.129. The quantitative estimate of drug-likeness (QED) is 0.366. The molecule has 4 heteroatoms. The molecule has 0 fully saturated rings. The highest BCUT2D eigenvalue weighted by molar-refractivity contribution is 5.89. The Kier molecular flexibility index (Phi) is 4.88. The van der Waals surface area contributed by atoms with Crippen LogP contribution in [0.15, 0.2) is 54.6 Å². The Hall–Kier alpha value is -2.88. The van der Waals surface area contributed by atoms with Gasteiger partial charge < -0.3 is 9.47 Å². The second-order valence-electron chi connectivity index (χ2n) is 4.19. The van der Waals surface area contributed by atoms with Gasteiger partial charge in [0.1, 0.15) is 6.29 Å². The molecular formula is C17H14O4. The minimum atomic E-state index is -0.541. The normalized spacial score (nSPS) is 10.3. The summed E-state index contributed by atoms with van der Waals surface area (Å²) in [5, 5.41) is 0. The lowest BCUT2D eigenvalue weighted by Crippen LogP contribution is -2.05. The molecular weight excluding hydrogens is 268 g/mol. The molecule has 4 nitrogen and oxygen atoms in total. The van der Waals surface area contributed by atoms with E-state index in [-0.39, 0.29) is 5.75 Å². The van der Waals surface area contributed by atoms with Crippen LogP contribution in [0.5, 0.6) is 11.5 Å². The van der Waals surface area contributed by atoms with Crippen molar-refractivity contribution in [1.82, 2.24) is 0 Å². The largest absolute Gasteiger partial charge is 0.493 e. The molecule has 0 aliphatic heterocycles. The average molecular weight is 282 g/mol. The molecule has 0 aliphatic carbocycles. The van der Waals surface area contributed by atoms with Gasteiger partial charge in [0.05, 0.1) is 7.11 Å². The van der Waals surface area contributed by atoms with E-state index in [1.807, 2.05) is 30.3 Å². The Morgan fingerprint density at radius 2 is 1.76 bits per heavy atom. The van der Waals surface area contributed by atoms with Crippen molar-refractivity contribution in [2.24, 2.45) is 0 Å². The van der Waals surface area contributed by atoms with Crippen molar-refractivity contribution in [1.29, 1.82) is 0 Å². The minimum Gasteiger partial charge on any atom is -0.493 e. The molecule has 0 spiro atoms. The van der Waals surface area contributed by atoms with Crippen LogP contribution in [0.4, 0.5) is 0 Å². The number of benzene rings is 2. The predicted molar refractivity (Wildman–Crippen MR) is 79.5 cm³/mol. The second kappa shape index (κ2) is 7.05. The van der Waals surface area contributed by atoms with E-state index in [4.69, 9.17) is 9.47 Å². The highest BCUT2D eigenvalue weighted by Crippen LogP contribution is 2.27. The molecule has 0 heterocycles. The van der Waals surface area contributed by atoms with E-state index in [0.717, 1.165) is 5.56 Å². The van der Waals surface area contributed by atoms with Crippen molar-refractivity contribution >= 4 is 18.3 Å². The molecule has 2 rings (SSSR count). The molecule has 106 valence electrons. The summed E-state index contributed by atoms with van der Waals surface area (Å²) in [7, 11) is 1.47. The maximum Gasteiger partial charge on any atom is 0.336 e. The summed E-state index contributed by atoms with van der Waals surface area (Å²) >= 11 is 0. The van der Waals surface area contributed by atoms with Crippen molar-refractivity contribution in [3.8, 4) is 11.5 Å². The second-order valence-corrected chi connectivity index (χ2v) is 4.19. The molecule has 0 aromatic heterocycles. The number of aldehydes is 1. The van der Waals surface area contributed by atoms with Crippen molar-refractivity contribution in [3.05, 3.63) is 65.7 Å². The van der Waals surface area contributed by atoms with Gasteiger partial charge in [0.15, 0.2) is 11.5 Å². The number of hydrogen-bond acceptors (Lipinski definition) is 4. The Balaban J connectivity index is 2.12. The van der Waals surface area contributed by atoms with Gasteiger partial charge in [-0.05, 0) is 29.8 Å². The van der Waals surface area contributed by atoms with E-state index in [1.54, 1.807) is 18.2 Å². The Labute approximate surface area is 122 Å². The summed E-state index contributed by atoms with van der Waals surface area (Å²) in [5.41, 5.74) is 1.30. The molecule has 21 heavy (non-hydrogen) atoms. The fourth-order valence-corrected chi connectivity index (χ4v) is 1.72. The molecule has 2 aromatic carbocycles. The monoisotopic (exact) mass is 282 g/mol. The van der Waals surface area contributed by atoms with Gasteiger partial charge in [-0.25, -0.2) is 4.79 Å². The van der Waals surface area contributed by atoms with Gasteiger partial charge in [0, 0.05) is 11.6 Å². The van der Waals surface area contributed by atoms with Crippen LogP contribution in [0.2, 0.25) is 0 Å². The third-order valence-electron chi connectivity index (χ3n) is 2.75. The van der Waals surface area contributed by atoms with Gasteiger partial charge in [-0.15, -0.1) is 0 Å². The van der Waals surface area contributed by atoms with Crippen molar-refractivity contribution in [2.45, 2.75) is 0 Å². The first kappa shape index (κ1) is 14.5. The van der Waals surface area contributed by atoms with E-state index in [1.165, 1.54) is 19.3 Å². The van der Waals surface area contributed by atoms with E-state index in [0.29, 0.717) is 17.6 Å². The van der Waals surface area contributed by atoms with Crippen LogP contribution in [0.25, 0.3) is 6.08 Å². The van der Waals surface area contributed by atoms with E-state index in [2.05, 4.69) is 0 Å². The zero-order chi connectivity index (χ0) is 15.1. The summed E-state index contributed by atoms with van der Waals surface area (Å²) in [6, 6.07) is 14.0. The number of rotatable bonds is 5. The van der Waals surface area contributed by atoms with Crippen LogP contribution < -0.4 is 9.47 Å². The molecule has 0 N–H and O–H groups in total. The lowest BCUT2D eigenvalue weighted by atomic mass is 10.2. The molecule has 0 bridgehead atoms. The van der Waals surface area contributed by atoms with Crippen LogP contribution in [0.3, 0.4) is 0 Å². The highest BCUT2D eigenvalue weighted by atomic mass is 16.6. The van der Waals surface area contributed by atoms with Gasteiger partial charge in [0.2, 0.25) is 0 Å². The lowest BCUT2D eigenvalue weighted by Gasteiger charge is -2.08. The molecule has 0 unspecified atom stereocenters. The van der Waals surface area contributed by atoms with E-state index in [9.17, 15) is 9.59 Å². The zero-order valence-corrected chi connectivity index (χ0v) is 11.5. The number of ether oxygens (including phenoxy) is 2. The van der Waals surface area contributed by atoms with Crippen molar-refractivity contribution < 1.29 is 19.1 Å². The average Bonchev–Trinajstić information content (AvgIpc) is 2.54. The van der Waals surface area contributed by atoms with Gasteiger partial charge in [-0.1, -0.05) is 30.3 Å². The van der Waals surface area contributed by atoms with Gasteiger partial charge >= 0.3 is 5.97 Å². The molecule has 0 aliphatic rings. The number of hydrogen-bond donors (Lipinski definition) is 0. The molecule has 0 radical (unpaired) electrons. The van der Waals surface area contributed by atoms with E-state index < -0.39 is 5.97 Å². The number of carbonyl (C=O) groups is 2. The number of esters is 1. The van der Waals surface area contributed by atoms with Crippen LogP contribution >= 0.6 is 0 Å². The van der Waals surface area contributed by atoms with Gasteiger partial charge in [0.25, 0.3) is 0 Å². The van der Waals surface area contributed by atoms with Crippen molar-refractivity contribution in [3.63, 3.8) is 0 Å². The molecule has 0 atom stereocenters. The first-order valence-electron chi connectivity index (χ1n) is 6.31. The van der Waals surface area contributed by atoms with Crippen LogP contribution in [0, 0.1) is 0 Å². The van der Waals surface area contributed by atoms with Gasteiger partial charge in [-0.2, -0.15) is 0 Å². The highest BCUT2D eigenvalue weighted by Gasteiger charge is 2.09. The van der Waals surface area contributed by atoms with Crippen LogP contribution in [-0.4, -0.2) is 19.4 Å². The topological polar surface area (TPSA) is 52.6 Å². The Bertz CT molecular complexity index is 660. The first-order valence-corrected chi connectivity index (χ1v) is 6.31. The third-order valence-corrected chi connectivity index (χ3v) is 2.75. The summed E-state index contributed by atoms with van der Waals surface area (Å²) in [6.45, 7) is 0. The standard InChI is InChI=1S/C17H14O4/c1-20-15-9-7-14(12-18)11-16(15)21-17(19)10-8-13-5-3-2-4-6-13/h2-12H,1H3. The van der Waals surface area contributed by atoms with Crippen molar-refractivity contribution in [2.75, 3.05) is 7.11 Å². The number of methoxy groups -OCH3 is 1. The summed E-state index contributed by atoms with van der Waals surface area (Å²) in [5.74, 6) is 0.0621. The first-order chi connectivity index (χ1) is 10.2. The summed E-state index contributed by atoms with van der Waals surface area (Å²) in [6.07, 6.45) is 3.65. The van der Waals surface area contributed by atoms with Crippen LogP contribution in [-0.2, 0) is 4.79 Å². The maximum atomic E-state index is 11.8. The fraction of sp³-hybridized carbons (Fsp3) is 0.0588. The zero-order valence-electron chi connectivity index (χ0n) is 11.5. The predicted octanol–water partition coefficient (Wildman–Crippen LogP) is 3.13. The molecule has 0 saturated carbocycles. The fourth-order valence-electron chi connectivity index (χ4n) is 1.72. The molecule has 2 aromatic rings. The minimum absolute atomic E-state index is 0.213. The summed E-state index contributed by atoms with van der Waals surface area (Å²) < 4.78 is 10.3. The maximum absolute atomic E-state index is 11.8. The van der Waals surface area contributed by atoms with E-state index >= 15 is 0 Å². The molecule has 0 amide bonds. The molecule has 0 saturated heterocycles. The Morgan fingerprint density at radius 1 is 1.00 bits per heavy atom. The number of carbonyl (C=O) groups excluding carboxylic acids is 2. The van der Waals surface area contributed by atoms with Gasteiger partial charge in [-0.3, -0.25) is 4.79 Å². The SMILES string of the molecule is COc1ccc(C=O)cc1OC(=O)C=Cc1ccccc1. The third kappa shape index (κ3) is 4.04. The smallest absolute Gasteiger partial charge is 0.336 e. The Morgan fingerprint density at radius 3 is 2.43 bits per heavy atom. The summed E-state index contributed by atoms with van der Waals surface area (Å²) in [4.78, 5) is 22.6.